The van der Waals surface area contributed by atoms with Crippen LogP contribution in [-0.4, -0.2) is 39.0 Å². The van der Waals surface area contributed by atoms with Crippen molar-refractivity contribution in [1.29, 1.82) is 0 Å². The van der Waals surface area contributed by atoms with Gasteiger partial charge in [-0.05, 0) is 6.42 Å². The highest BCUT2D eigenvalue weighted by atomic mass is 16.5. The van der Waals surface area contributed by atoms with Crippen LogP contribution in [0.4, 0.5) is 0 Å². The number of methoxy groups -OCH3 is 1. The third kappa shape index (κ3) is 1.26. The lowest BCUT2D eigenvalue weighted by atomic mass is 9.75. The first-order valence-corrected chi connectivity index (χ1v) is 4.52. The van der Waals surface area contributed by atoms with Gasteiger partial charge in [0.1, 0.15) is 0 Å². The van der Waals surface area contributed by atoms with E-state index in [9.17, 15) is 0 Å². The van der Waals surface area contributed by atoms with E-state index >= 15 is 0 Å². The van der Waals surface area contributed by atoms with Crippen LogP contribution < -0.4 is 5.32 Å². The van der Waals surface area contributed by atoms with Crippen molar-refractivity contribution < 1.29 is 9.47 Å². The van der Waals surface area contributed by atoms with Crippen LogP contribution in [0.15, 0.2) is 0 Å². The van der Waals surface area contributed by atoms with Crippen LogP contribution in [-0.2, 0) is 9.47 Å². The maximum atomic E-state index is 5.53. The minimum absolute atomic E-state index is 0.110. The average molecular weight is 171 g/mol. The van der Waals surface area contributed by atoms with Crippen LogP contribution in [0.2, 0.25) is 0 Å². The molecule has 0 aromatic rings. The minimum atomic E-state index is 0.110. The fourth-order valence-corrected chi connectivity index (χ4v) is 2.08. The van der Waals surface area contributed by atoms with Crippen molar-refractivity contribution in [2.75, 3.05) is 33.4 Å². The van der Waals surface area contributed by atoms with Crippen molar-refractivity contribution in [1.82, 2.24) is 5.32 Å². The Balaban J connectivity index is 1.91. The van der Waals surface area contributed by atoms with Crippen molar-refractivity contribution in [3.05, 3.63) is 0 Å². The number of nitrogens with one attached hydrogen (secondary N) is 1. The highest BCUT2D eigenvalue weighted by molar-refractivity contribution is 5.00. The minimum Gasteiger partial charge on any atom is -0.380 e. The van der Waals surface area contributed by atoms with E-state index in [4.69, 9.17) is 9.47 Å². The van der Waals surface area contributed by atoms with Gasteiger partial charge in [-0.3, -0.25) is 0 Å². The molecule has 12 heavy (non-hydrogen) atoms. The second-order valence-electron chi connectivity index (χ2n) is 4.47. The molecule has 0 radical (unpaired) electrons. The summed E-state index contributed by atoms with van der Waals surface area (Å²) in [5, 5.41) is 3.26. The van der Waals surface area contributed by atoms with Crippen LogP contribution in [0.25, 0.3) is 0 Å². The quantitative estimate of drug-likeness (QED) is 0.667. The molecule has 0 saturated carbocycles. The Morgan fingerprint density at radius 3 is 2.33 bits per heavy atom. The molecule has 0 spiro atoms. The molecule has 0 aliphatic carbocycles. The van der Waals surface area contributed by atoms with Crippen molar-refractivity contribution in [3.63, 3.8) is 0 Å². The average Bonchev–Trinajstić information content (AvgIpc) is 1.93. The third-order valence-corrected chi connectivity index (χ3v) is 2.98. The Bertz CT molecular complexity index is 168. The van der Waals surface area contributed by atoms with Gasteiger partial charge in [-0.25, -0.2) is 0 Å². The zero-order valence-corrected chi connectivity index (χ0v) is 7.85. The summed E-state index contributed by atoms with van der Waals surface area (Å²) in [6.07, 6.45) is 1.13. The highest BCUT2D eigenvalue weighted by Gasteiger charge is 2.46. The normalized spacial score (nSPS) is 30.5. The maximum absolute atomic E-state index is 5.53. The molecule has 3 nitrogen and oxygen atoms in total. The van der Waals surface area contributed by atoms with Crippen LogP contribution in [0.5, 0.6) is 0 Å². The molecule has 2 aliphatic rings. The van der Waals surface area contributed by atoms with Crippen LogP contribution >= 0.6 is 0 Å². The lowest BCUT2D eigenvalue weighted by Gasteiger charge is -2.49. The first-order valence-electron chi connectivity index (χ1n) is 4.52. The molecular formula is C9H17NO2. The molecule has 0 atom stereocenters. The van der Waals surface area contributed by atoms with E-state index in [2.05, 4.69) is 12.2 Å². The summed E-state index contributed by atoms with van der Waals surface area (Å²) < 4.78 is 10.7. The van der Waals surface area contributed by atoms with E-state index < -0.39 is 0 Å². The molecule has 0 unspecified atom stereocenters. The predicted octanol–water partition coefficient (Wildman–Crippen LogP) is 0.401. The monoisotopic (exact) mass is 171 g/mol. The van der Waals surface area contributed by atoms with Crippen LogP contribution in [0.3, 0.4) is 0 Å². The van der Waals surface area contributed by atoms with Gasteiger partial charge in [0.25, 0.3) is 0 Å². The Kier molecular flexibility index (Phi) is 1.90. The molecule has 0 amide bonds. The Morgan fingerprint density at radius 1 is 1.42 bits per heavy atom. The number of ether oxygens (including phenoxy) is 2. The lowest BCUT2D eigenvalue weighted by Crippen LogP contribution is -2.64. The van der Waals surface area contributed by atoms with E-state index in [-0.39, 0.29) is 5.60 Å². The Labute approximate surface area is 73.4 Å². The first-order chi connectivity index (χ1) is 5.68. The molecule has 2 heterocycles. The fourth-order valence-electron chi connectivity index (χ4n) is 2.08. The molecule has 70 valence electrons. The van der Waals surface area contributed by atoms with Gasteiger partial charge in [0.05, 0.1) is 18.8 Å². The van der Waals surface area contributed by atoms with Gasteiger partial charge in [0.2, 0.25) is 0 Å². The van der Waals surface area contributed by atoms with E-state index in [1.165, 1.54) is 0 Å². The second kappa shape index (κ2) is 2.69. The molecule has 2 rings (SSSR count). The predicted molar refractivity (Wildman–Crippen MR) is 46.2 cm³/mol. The number of hydrogen-bond donors (Lipinski definition) is 1. The Morgan fingerprint density at radius 2 is 2.08 bits per heavy atom. The van der Waals surface area contributed by atoms with Crippen molar-refractivity contribution >= 4 is 0 Å². The molecule has 0 bridgehead atoms. The van der Waals surface area contributed by atoms with E-state index in [0.29, 0.717) is 5.41 Å². The molecule has 3 heteroatoms. The molecular weight excluding hydrogens is 154 g/mol. The number of rotatable bonds is 3. The first kappa shape index (κ1) is 8.48. The van der Waals surface area contributed by atoms with Crippen molar-refractivity contribution in [2.45, 2.75) is 18.9 Å². The largest absolute Gasteiger partial charge is 0.380 e. The van der Waals surface area contributed by atoms with E-state index in [1.807, 2.05) is 7.11 Å². The fraction of sp³-hybridized carbons (Fsp3) is 1.00. The van der Waals surface area contributed by atoms with Gasteiger partial charge in [0, 0.05) is 25.6 Å². The zero-order chi connectivity index (χ0) is 8.66. The molecule has 0 aromatic heterocycles. The third-order valence-electron chi connectivity index (χ3n) is 2.98. The van der Waals surface area contributed by atoms with E-state index in [1.54, 1.807) is 0 Å². The maximum Gasteiger partial charge on any atom is 0.0932 e. The van der Waals surface area contributed by atoms with Gasteiger partial charge >= 0.3 is 0 Å². The van der Waals surface area contributed by atoms with E-state index in [0.717, 1.165) is 32.7 Å². The van der Waals surface area contributed by atoms with Gasteiger partial charge < -0.3 is 14.8 Å². The zero-order valence-electron chi connectivity index (χ0n) is 7.85. The van der Waals surface area contributed by atoms with Crippen molar-refractivity contribution in [3.8, 4) is 0 Å². The standard InChI is InChI=1S/C9H17NO2/c1-8(6-12-7-8)3-9(11-2)4-10-5-9/h10H,3-7H2,1-2H3. The molecule has 2 fully saturated rings. The molecule has 2 aliphatic heterocycles. The summed E-state index contributed by atoms with van der Waals surface area (Å²) in [5.41, 5.74) is 0.483. The van der Waals surface area contributed by atoms with Gasteiger partial charge in [0.15, 0.2) is 0 Å². The van der Waals surface area contributed by atoms with Gasteiger partial charge in [-0.1, -0.05) is 6.92 Å². The lowest BCUT2D eigenvalue weighted by molar-refractivity contribution is -0.161. The summed E-state index contributed by atoms with van der Waals surface area (Å²) in [6.45, 7) is 6.07. The topological polar surface area (TPSA) is 30.5 Å². The summed E-state index contributed by atoms with van der Waals surface area (Å²) in [6, 6.07) is 0. The molecule has 0 aromatic carbocycles. The summed E-state index contributed by atoms with van der Waals surface area (Å²) in [5.74, 6) is 0. The van der Waals surface area contributed by atoms with Gasteiger partial charge in [-0.15, -0.1) is 0 Å². The summed E-state index contributed by atoms with van der Waals surface area (Å²) in [7, 11) is 1.81. The SMILES string of the molecule is COC1(CC2(C)COC2)CNC1. The number of hydrogen-bond acceptors (Lipinski definition) is 3. The van der Waals surface area contributed by atoms with Gasteiger partial charge in [-0.2, -0.15) is 0 Å². The van der Waals surface area contributed by atoms with Crippen molar-refractivity contribution in [2.24, 2.45) is 5.41 Å². The summed E-state index contributed by atoms with van der Waals surface area (Å²) in [4.78, 5) is 0. The summed E-state index contributed by atoms with van der Waals surface area (Å²) >= 11 is 0. The smallest absolute Gasteiger partial charge is 0.0932 e. The molecule has 1 N–H and O–H groups in total. The molecule has 2 saturated heterocycles. The Hall–Kier alpha value is -0.120. The second-order valence-corrected chi connectivity index (χ2v) is 4.47. The van der Waals surface area contributed by atoms with Crippen LogP contribution in [0, 0.1) is 5.41 Å². The van der Waals surface area contributed by atoms with Crippen LogP contribution in [0.1, 0.15) is 13.3 Å². The highest BCUT2D eigenvalue weighted by Crippen LogP contribution is 2.38.